The number of piperidine rings is 1. The number of hydrogen-bond acceptors (Lipinski definition) is 5. The normalized spacial score (nSPS) is 30.6. The summed E-state index contributed by atoms with van der Waals surface area (Å²) in [6, 6.07) is 0. The molecule has 2 heterocycles. The summed E-state index contributed by atoms with van der Waals surface area (Å²) in [5.74, 6) is 1.73. The van der Waals surface area contributed by atoms with E-state index in [0.29, 0.717) is 17.6 Å². The van der Waals surface area contributed by atoms with E-state index >= 15 is 0 Å². The quantitative estimate of drug-likeness (QED) is 0.794. The van der Waals surface area contributed by atoms with Gasteiger partial charge in [0.2, 0.25) is 5.89 Å². The molecule has 1 aromatic rings. The average molecular weight is 224 g/mol. The third kappa shape index (κ3) is 1.85. The summed E-state index contributed by atoms with van der Waals surface area (Å²) in [5.41, 5.74) is 6.06. The lowest BCUT2D eigenvalue weighted by atomic mass is 9.77. The van der Waals surface area contributed by atoms with Crippen LogP contribution in [0.15, 0.2) is 4.52 Å². The van der Waals surface area contributed by atoms with E-state index < -0.39 is 5.54 Å². The van der Waals surface area contributed by atoms with Gasteiger partial charge in [0, 0.05) is 13.0 Å². The van der Waals surface area contributed by atoms with Gasteiger partial charge < -0.3 is 15.6 Å². The summed E-state index contributed by atoms with van der Waals surface area (Å²) < 4.78 is 5.16. The molecule has 5 nitrogen and oxygen atoms in total. The van der Waals surface area contributed by atoms with Crippen LogP contribution in [0.1, 0.15) is 38.4 Å². The zero-order chi connectivity index (χ0) is 11.6. The van der Waals surface area contributed by atoms with Crippen LogP contribution in [-0.4, -0.2) is 23.2 Å². The monoisotopic (exact) mass is 224 g/mol. The van der Waals surface area contributed by atoms with E-state index in [4.69, 9.17) is 10.3 Å². The molecule has 0 aromatic carbocycles. The molecule has 16 heavy (non-hydrogen) atoms. The van der Waals surface area contributed by atoms with Crippen molar-refractivity contribution in [3.05, 3.63) is 11.7 Å². The fraction of sp³-hybridized carbons (Fsp3) is 0.818. The fourth-order valence-corrected chi connectivity index (χ4v) is 2.35. The highest BCUT2D eigenvalue weighted by Gasteiger charge is 2.41. The molecule has 1 aliphatic heterocycles. The standard InChI is InChI=1S/C11H20N4O/c1-3-8-7-13-6-5-11(8,12)10-14-9(4-2)16-15-10/h8,13H,3-7,12H2,1-2H3. The minimum absolute atomic E-state index is 0.378. The molecule has 0 aliphatic carbocycles. The minimum atomic E-state index is -0.420. The number of nitrogens with one attached hydrogen (secondary N) is 1. The van der Waals surface area contributed by atoms with E-state index in [1.165, 1.54) is 0 Å². The molecule has 90 valence electrons. The molecule has 0 spiro atoms. The molecule has 0 saturated carbocycles. The number of aryl methyl sites for hydroxylation is 1. The van der Waals surface area contributed by atoms with Crippen LogP contribution in [-0.2, 0) is 12.0 Å². The second kappa shape index (κ2) is 4.51. The van der Waals surface area contributed by atoms with Crippen molar-refractivity contribution in [1.82, 2.24) is 15.5 Å². The first kappa shape index (κ1) is 11.5. The van der Waals surface area contributed by atoms with Gasteiger partial charge in [0.1, 0.15) is 0 Å². The van der Waals surface area contributed by atoms with E-state index in [1.807, 2.05) is 6.92 Å². The van der Waals surface area contributed by atoms with Gasteiger partial charge in [0.05, 0.1) is 5.54 Å². The van der Waals surface area contributed by atoms with Gasteiger partial charge in [-0.1, -0.05) is 19.0 Å². The van der Waals surface area contributed by atoms with Gasteiger partial charge in [-0.25, -0.2) is 0 Å². The van der Waals surface area contributed by atoms with Crippen LogP contribution in [0.25, 0.3) is 0 Å². The number of nitrogens with zero attached hydrogens (tertiary/aromatic N) is 2. The van der Waals surface area contributed by atoms with Gasteiger partial charge in [0.25, 0.3) is 0 Å². The Labute approximate surface area is 95.8 Å². The van der Waals surface area contributed by atoms with Crippen molar-refractivity contribution in [3.8, 4) is 0 Å². The molecule has 1 aliphatic rings. The average Bonchev–Trinajstić information content (AvgIpc) is 2.78. The van der Waals surface area contributed by atoms with Crippen LogP contribution >= 0.6 is 0 Å². The lowest BCUT2D eigenvalue weighted by molar-refractivity contribution is 0.184. The topological polar surface area (TPSA) is 77.0 Å². The molecule has 1 fully saturated rings. The van der Waals surface area contributed by atoms with E-state index in [0.717, 1.165) is 32.4 Å². The van der Waals surface area contributed by atoms with Crippen molar-refractivity contribution in [2.45, 2.75) is 38.6 Å². The van der Waals surface area contributed by atoms with E-state index in [2.05, 4.69) is 22.4 Å². The smallest absolute Gasteiger partial charge is 0.226 e. The summed E-state index contributed by atoms with van der Waals surface area (Å²) in [4.78, 5) is 4.39. The molecule has 1 saturated heterocycles. The maximum atomic E-state index is 6.48. The second-order valence-corrected chi connectivity index (χ2v) is 4.46. The van der Waals surface area contributed by atoms with Crippen LogP contribution in [0, 0.1) is 5.92 Å². The van der Waals surface area contributed by atoms with Crippen LogP contribution in [0.4, 0.5) is 0 Å². The highest BCUT2D eigenvalue weighted by atomic mass is 16.5. The summed E-state index contributed by atoms with van der Waals surface area (Å²) in [6.07, 6.45) is 2.66. The van der Waals surface area contributed by atoms with Gasteiger partial charge in [-0.15, -0.1) is 0 Å². The van der Waals surface area contributed by atoms with Gasteiger partial charge in [-0.2, -0.15) is 4.98 Å². The molecule has 2 atom stereocenters. The Bertz CT molecular complexity index is 352. The molecule has 1 aromatic heterocycles. The molecule has 3 N–H and O–H groups in total. The third-order valence-corrected chi connectivity index (χ3v) is 3.51. The first-order valence-electron chi connectivity index (χ1n) is 6.03. The summed E-state index contributed by atoms with van der Waals surface area (Å²) in [5, 5.41) is 7.41. The maximum Gasteiger partial charge on any atom is 0.226 e. The van der Waals surface area contributed by atoms with Crippen LogP contribution in [0.5, 0.6) is 0 Å². The first-order valence-corrected chi connectivity index (χ1v) is 6.03. The van der Waals surface area contributed by atoms with E-state index in [9.17, 15) is 0 Å². The van der Waals surface area contributed by atoms with Crippen molar-refractivity contribution in [1.29, 1.82) is 0 Å². The van der Waals surface area contributed by atoms with Crippen LogP contribution in [0.3, 0.4) is 0 Å². The van der Waals surface area contributed by atoms with E-state index in [1.54, 1.807) is 0 Å². The van der Waals surface area contributed by atoms with Crippen molar-refractivity contribution in [2.75, 3.05) is 13.1 Å². The first-order chi connectivity index (χ1) is 7.70. The maximum absolute atomic E-state index is 6.48. The highest BCUT2D eigenvalue weighted by Crippen LogP contribution is 2.32. The Balaban J connectivity index is 2.27. The molecule has 2 unspecified atom stereocenters. The summed E-state index contributed by atoms with van der Waals surface area (Å²) >= 11 is 0. The van der Waals surface area contributed by atoms with Crippen LogP contribution in [0.2, 0.25) is 0 Å². The Morgan fingerprint density at radius 2 is 2.38 bits per heavy atom. The number of hydrogen-bond donors (Lipinski definition) is 2. The zero-order valence-corrected chi connectivity index (χ0v) is 9.99. The Kier molecular flexibility index (Phi) is 3.25. The lowest BCUT2D eigenvalue weighted by Gasteiger charge is -2.38. The third-order valence-electron chi connectivity index (χ3n) is 3.51. The largest absolute Gasteiger partial charge is 0.339 e. The summed E-state index contributed by atoms with van der Waals surface area (Å²) in [6.45, 7) is 6.01. The Morgan fingerprint density at radius 3 is 3.00 bits per heavy atom. The molecular formula is C11H20N4O. The van der Waals surface area contributed by atoms with Gasteiger partial charge >= 0.3 is 0 Å². The number of aromatic nitrogens is 2. The predicted octanol–water partition coefficient (Wildman–Crippen LogP) is 0.805. The molecule has 2 rings (SSSR count). The predicted molar refractivity (Wildman–Crippen MR) is 60.8 cm³/mol. The van der Waals surface area contributed by atoms with Crippen molar-refractivity contribution in [3.63, 3.8) is 0 Å². The molecule has 0 radical (unpaired) electrons. The van der Waals surface area contributed by atoms with E-state index in [-0.39, 0.29) is 0 Å². The minimum Gasteiger partial charge on any atom is -0.339 e. The zero-order valence-electron chi connectivity index (χ0n) is 9.99. The number of nitrogens with two attached hydrogens (primary N) is 1. The second-order valence-electron chi connectivity index (χ2n) is 4.46. The summed E-state index contributed by atoms with van der Waals surface area (Å²) in [7, 11) is 0. The van der Waals surface area contributed by atoms with Crippen molar-refractivity contribution >= 4 is 0 Å². The van der Waals surface area contributed by atoms with Crippen molar-refractivity contribution in [2.24, 2.45) is 11.7 Å². The van der Waals surface area contributed by atoms with Crippen LogP contribution < -0.4 is 11.1 Å². The molecule has 0 amide bonds. The van der Waals surface area contributed by atoms with Gasteiger partial charge in [0.15, 0.2) is 5.82 Å². The molecular weight excluding hydrogens is 204 g/mol. The SMILES string of the molecule is CCc1nc(C2(N)CCNCC2CC)no1. The number of rotatable bonds is 3. The van der Waals surface area contributed by atoms with Gasteiger partial charge in [-0.3, -0.25) is 0 Å². The van der Waals surface area contributed by atoms with Gasteiger partial charge in [-0.05, 0) is 25.3 Å². The molecule has 0 bridgehead atoms. The Morgan fingerprint density at radius 1 is 1.56 bits per heavy atom. The Hall–Kier alpha value is -0.940. The molecule has 5 heteroatoms. The fourth-order valence-electron chi connectivity index (χ4n) is 2.35. The lowest BCUT2D eigenvalue weighted by Crippen LogP contribution is -2.54. The highest BCUT2D eigenvalue weighted by molar-refractivity contribution is 5.09. The van der Waals surface area contributed by atoms with Crippen molar-refractivity contribution < 1.29 is 4.52 Å².